The number of aliphatic hydroxyl groups is 1. The number of carbonyl (C=O) groups excluding carboxylic acids is 2. The van der Waals surface area contributed by atoms with Crippen LogP contribution in [-0.2, 0) is 22.4 Å². The summed E-state index contributed by atoms with van der Waals surface area (Å²) in [5.41, 5.74) is -7.13. The SMILES string of the molecule is CCC1(c2ccc(O)c(O)c2)NC(=O)N(CCCCOc2ccc(C(O)(C(F)(F)F)C(F)(F)F)cc2Cc2ccccc2)C1=O. The van der Waals surface area contributed by atoms with Gasteiger partial charge in [0.25, 0.3) is 11.5 Å². The zero-order chi connectivity index (χ0) is 33.2. The fourth-order valence-electron chi connectivity index (χ4n) is 5.20. The number of imide groups is 1. The van der Waals surface area contributed by atoms with Gasteiger partial charge in [-0.05, 0) is 60.2 Å². The second-order valence-electron chi connectivity index (χ2n) is 10.6. The van der Waals surface area contributed by atoms with Crippen molar-refractivity contribution in [2.45, 2.75) is 56.1 Å². The first-order valence-electron chi connectivity index (χ1n) is 13.9. The minimum atomic E-state index is -6.05. The predicted molar refractivity (Wildman–Crippen MR) is 148 cm³/mol. The van der Waals surface area contributed by atoms with E-state index in [0.717, 1.165) is 11.0 Å². The molecule has 1 fully saturated rings. The van der Waals surface area contributed by atoms with Gasteiger partial charge >= 0.3 is 18.4 Å². The molecule has 1 aliphatic heterocycles. The molecule has 0 spiro atoms. The van der Waals surface area contributed by atoms with E-state index < -0.39 is 52.5 Å². The first kappa shape index (κ1) is 33.4. The van der Waals surface area contributed by atoms with E-state index in [1.54, 1.807) is 37.3 Å². The quantitative estimate of drug-likeness (QED) is 0.0882. The van der Waals surface area contributed by atoms with Crippen molar-refractivity contribution in [3.05, 3.63) is 89.0 Å². The Hall–Kier alpha value is -4.46. The van der Waals surface area contributed by atoms with E-state index in [4.69, 9.17) is 4.74 Å². The molecule has 1 atom stereocenters. The van der Waals surface area contributed by atoms with Gasteiger partial charge in [0.2, 0.25) is 0 Å². The van der Waals surface area contributed by atoms with Gasteiger partial charge in [0.1, 0.15) is 11.3 Å². The molecule has 1 heterocycles. The minimum absolute atomic E-state index is 0.00133. The molecule has 4 rings (SSSR count). The Balaban J connectivity index is 1.47. The lowest BCUT2D eigenvalue weighted by Crippen LogP contribution is -2.53. The third kappa shape index (κ3) is 6.37. The molecule has 1 unspecified atom stereocenters. The van der Waals surface area contributed by atoms with Crippen LogP contribution in [0.15, 0.2) is 66.7 Å². The molecule has 0 radical (unpaired) electrons. The summed E-state index contributed by atoms with van der Waals surface area (Å²) in [6.07, 6.45) is -11.5. The maximum Gasteiger partial charge on any atom is 0.430 e. The average Bonchev–Trinajstić information content (AvgIpc) is 3.23. The fraction of sp³-hybridized carbons (Fsp3) is 0.355. The number of halogens is 6. The van der Waals surface area contributed by atoms with Crippen molar-refractivity contribution in [1.29, 1.82) is 0 Å². The van der Waals surface area contributed by atoms with Crippen LogP contribution in [0.1, 0.15) is 48.4 Å². The van der Waals surface area contributed by atoms with E-state index in [-0.39, 0.29) is 55.7 Å². The molecule has 8 nitrogen and oxygen atoms in total. The van der Waals surface area contributed by atoms with Crippen LogP contribution in [0.3, 0.4) is 0 Å². The van der Waals surface area contributed by atoms with Crippen LogP contribution in [0, 0.1) is 0 Å². The third-order valence-electron chi connectivity index (χ3n) is 7.74. The zero-order valence-electron chi connectivity index (χ0n) is 23.9. The van der Waals surface area contributed by atoms with E-state index >= 15 is 0 Å². The molecule has 3 aromatic rings. The smallest absolute Gasteiger partial charge is 0.430 e. The van der Waals surface area contributed by atoms with Crippen LogP contribution < -0.4 is 10.1 Å². The molecular weight excluding hydrogens is 610 g/mol. The van der Waals surface area contributed by atoms with E-state index in [0.29, 0.717) is 17.7 Å². The summed E-state index contributed by atoms with van der Waals surface area (Å²) in [6.45, 7) is 1.58. The lowest BCUT2D eigenvalue weighted by Gasteiger charge is -2.33. The molecule has 1 aliphatic rings. The lowest BCUT2D eigenvalue weighted by molar-refractivity contribution is -0.376. The maximum atomic E-state index is 13.5. The van der Waals surface area contributed by atoms with Crippen LogP contribution in [-0.4, -0.2) is 57.7 Å². The number of carbonyl (C=O) groups is 2. The first-order chi connectivity index (χ1) is 21.0. The summed E-state index contributed by atoms with van der Waals surface area (Å²) in [4.78, 5) is 27.0. The minimum Gasteiger partial charge on any atom is -0.504 e. The number of amides is 3. The number of phenols is 2. The Morgan fingerprint density at radius 2 is 1.53 bits per heavy atom. The molecule has 14 heteroatoms. The lowest BCUT2D eigenvalue weighted by atomic mass is 9.87. The fourth-order valence-corrected chi connectivity index (χ4v) is 5.20. The standard InChI is InChI=1S/C31H30F6N2O6/c1-2-28(21-10-12-23(40)24(41)18-21)26(42)39(27(43)38-28)14-6-7-15-45-25-13-11-22(29(44,30(32,33)34)31(35,36)37)17-20(25)16-19-8-4-3-5-9-19/h3-5,8-13,17-18,40-41,44H,2,6-7,14-16H2,1H3,(H,38,43). The Morgan fingerprint density at radius 1 is 0.867 bits per heavy atom. The Labute approximate surface area is 253 Å². The van der Waals surface area contributed by atoms with E-state index in [2.05, 4.69) is 5.32 Å². The molecule has 3 amide bonds. The number of nitrogens with zero attached hydrogens (tertiary/aromatic N) is 1. The third-order valence-corrected chi connectivity index (χ3v) is 7.74. The molecule has 3 aromatic carbocycles. The van der Waals surface area contributed by atoms with Gasteiger partial charge in [-0.25, -0.2) is 4.79 Å². The summed E-state index contributed by atoms with van der Waals surface area (Å²) >= 11 is 0. The Kier molecular flexibility index (Phi) is 9.29. The molecule has 0 saturated carbocycles. The van der Waals surface area contributed by atoms with Crippen molar-refractivity contribution in [2.75, 3.05) is 13.2 Å². The van der Waals surface area contributed by atoms with Gasteiger partial charge in [-0.1, -0.05) is 49.4 Å². The highest BCUT2D eigenvalue weighted by molar-refractivity contribution is 6.07. The summed E-state index contributed by atoms with van der Waals surface area (Å²) in [5, 5.41) is 32.1. The van der Waals surface area contributed by atoms with Crippen LogP contribution in [0.5, 0.6) is 17.2 Å². The number of nitrogens with one attached hydrogen (secondary N) is 1. The molecule has 0 aliphatic carbocycles. The van der Waals surface area contributed by atoms with Crippen LogP contribution in [0.2, 0.25) is 0 Å². The van der Waals surface area contributed by atoms with Crippen LogP contribution >= 0.6 is 0 Å². The van der Waals surface area contributed by atoms with Crippen LogP contribution in [0.4, 0.5) is 31.1 Å². The Morgan fingerprint density at radius 3 is 2.13 bits per heavy atom. The number of hydrogen-bond donors (Lipinski definition) is 4. The predicted octanol–water partition coefficient (Wildman–Crippen LogP) is 6.02. The monoisotopic (exact) mass is 640 g/mol. The first-order valence-corrected chi connectivity index (χ1v) is 13.9. The summed E-state index contributed by atoms with van der Waals surface area (Å²) in [6, 6.07) is 13.5. The van der Waals surface area contributed by atoms with Gasteiger partial charge in [0.05, 0.1) is 6.61 Å². The zero-order valence-corrected chi connectivity index (χ0v) is 23.9. The second-order valence-corrected chi connectivity index (χ2v) is 10.6. The van der Waals surface area contributed by atoms with Gasteiger partial charge in [0, 0.05) is 18.5 Å². The van der Waals surface area contributed by atoms with Gasteiger partial charge in [-0.3, -0.25) is 9.69 Å². The number of ether oxygens (including phenoxy) is 1. The van der Waals surface area contributed by atoms with Crippen LogP contribution in [0.25, 0.3) is 0 Å². The summed E-state index contributed by atoms with van der Waals surface area (Å²) in [7, 11) is 0. The number of urea groups is 1. The number of unbranched alkanes of at least 4 members (excludes halogenated alkanes) is 1. The molecule has 0 bridgehead atoms. The van der Waals surface area contributed by atoms with Crippen molar-refractivity contribution in [2.24, 2.45) is 0 Å². The van der Waals surface area contributed by atoms with Crippen molar-refractivity contribution < 1.29 is 56.0 Å². The van der Waals surface area contributed by atoms with Gasteiger partial charge in [-0.2, -0.15) is 26.3 Å². The topological polar surface area (TPSA) is 119 Å². The van der Waals surface area contributed by atoms with Crippen molar-refractivity contribution >= 4 is 11.9 Å². The van der Waals surface area contributed by atoms with E-state index in [1.807, 2.05) is 0 Å². The average molecular weight is 641 g/mol. The van der Waals surface area contributed by atoms with Gasteiger partial charge < -0.3 is 25.4 Å². The molecule has 1 saturated heterocycles. The normalized spacial score (nSPS) is 17.5. The van der Waals surface area contributed by atoms with Gasteiger partial charge in [-0.15, -0.1) is 0 Å². The number of rotatable bonds is 11. The number of benzene rings is 3. The van der Waals surface area contributed by atoms with Crippen molar-refractivity contribution in [1.82, 2.24) is 10.2 Å². The highest BCUT2D eigenvalue weighted by Gasteiger charge is 2.71. The number of alkyl halides is 6. The van der Waals surface area contributed by atoms with Gasteiger partial charge in [0.15, 0.2) is 11.5 Å². The number of aromatic hydroxyl groups is 2. The van der Waals surface area contributed by atoms with E-state index in [1.165, 1.54) is 18.2 Å². The molecule has 45 heavy (non-hydrogen) atoms. The molecular formula is C31H30F6N2O6. The summed E-state index contributed by atoms with van der Waals surface area (Å²) < 4.78 is 86.9. The van der Waals surface area contributed by atoms with Crippen molar-refractivity contribution in [3.8, 4) is 17.2 Å². The molecule has 242 valence electrons. The number of phenolic OH excluding ortho intramolecular Hbond substituents is 2. The molecule has 0 aromatic heterocycles. The highest BCUT2D eigenvalue weighted by Crippen LogP contribution is 2.50. The second kappa shape index (κ2) is 12.5. The maximum absolute atomic E-state index is 13.5. The van der Waals surface area contributed by atoms with E-state index in [9.17, 15) is 51.3 Å². The largest absolute Gasteiger partial charge is 0.504 e. The highest BCUT2D eigenvalue weighted by atomic mass is 19.4. The number of hydrogen-bond acceptors (Lipinski definition) is 6. The summed E-state index contributed by atoms with van der Waals surface area (Å²) in [5.74, 6) is -1.42. The van der Waals surface area contributed by atoms with Crippen molar-refractivity contribution in [3.63, 3.8) is 0 Å². The molecule has 4 N–H and O–H groups in total. The Bertz CT molecular complexity index is 1530.